The van der Waals surface area contributed by atoms with Crippen molar-refractivity contribution in [1.29, 1.82) is 0 Å². The van der Waals surface area contributed by atoms with Gasteiger partial charge in [0.2, 0.25) is 0 Å². The molecule has 2 rings (SSSR count). The van der Waals surface area contributed by atoms with Crippen LogP contribution in [0.3, 0.4) is 0 Å². The monoisotopic (exact) mass is 263 g/mol. The Labute approximate surface area is 113 Å². The van der Waals surface area contributed by atoms with Gasteiger partial charge in [0.25, 0.3) is 0 Å². The molecule has 0 unspecified atom stereocenters. The molecule has 3 heteroatoms. The highest BCUT2D eigenvalue weighted by atomic mass is 32.1. The Bertz CT molecular complexity index is 531. The minimum absolute atomic E-state index is 0.541. The predicted octanol–water partition coefficient (Wildman–Crippen LogP) is 4.14. The zero-order valence-electron chi connectivity index (χ0n) is 11.5. The number of hydrogen-bond donors (Lipinski definition) is 1. The summed E-state index contributed by atoms with van der Waals surface area (Å²) in [5.41, 5.74) is 1.47. The lowest BCUT2D eigenvalue weighted by Gasteiger charge is -2.09. The van der Waals surface area contributed by atoms with Crippen molar-refractivity contribution in [1.82, 2.24) is 5.32 Å². The molecule has 1 aromatic carbocycles. The van der Waals surface area contributed by atoms with Crippen molar-refractivity contribution in [3.63, 3.8) is 0 Å². The van der Waals surface area contributed by atoms with E-state index in [4.69, 9.17) is 4.74 Å². The summed E-state index contributed by atoms with van der Waals surface area (Å²) >= 11 is 1.89. The molecule has 0 amide bonds. The van der Waals surface area contributed by atoms with Gasteiger partial charge in [-0.15, -0.1) is 11.3 Å². The van der Waals surface area contributed by atoms with Crippen molar-refractivity contribution in [3.8, 4) is 5.75 Å². The predicted molar refractivity (Wildman–Crippen MR) is 79.8 cm³/mol. The van der Waals surface area contributed by atoms with Crippen molar-refractivity contribution >= 4 is 21.4 Å². The average molecular weight is 263 g/mol. The van der Waals surface area contributed by atoms with Gasteiger partial charge in [0.1, 0.15) is 5.75 Å². The number of thiophene rings is 1. The van der Waals surface area contributed by atoms with E-state index in [2.05, 4.69) is 38.2 Å². The first-order chi connectivity index (χ1) is 8.67. The van der Waals surface area contributed by atoms with Crippen molar-refractivity contribution in [2.24, 2.45) is 0 Å². The standard InChI is InChI=1S/C15H21NOS/c1-5-16-9-14-15(10(2)3)12-8-11(17-4)6-7-13(12)18-14/h6-8,10,16H,5,9H2,1-4H3. The molecule has 2 aromatic rings. The van der Waals surface area contributed by atoms with Crippen molar-refractivity contribution in [2.75, 3.05) is 13.7 Å². The van der Waals surface area contributed by atoms with Gasteiger partial charge in [-0.25, -0.2) is 0 Å². The van der Waals surface area contributed by atoms with Crippen LogP contribution in [0.15, 0.2) is 18.2 Å². The second-order valence-corrected chi connectivity index (χ2v) is 5.87. The Morgan fingerprint density at radius 2 is 2.11 bits per heavy atom. The molecule has 0 fully saturated rings. The van der Waals surface area contributed by atoms with E-state index in [0.717, 1.165) is 18.8 Å². The van der Waals surface area contributed by atoms with Crippen LogP contribution in [-0.4, -0.2) is 13.7 Å². The van der Waals surface area contributed by atoms with Crippen LogP contribution in [0, 0.1) is 0 Å². The molecule has 0 radical (unpaired) electrons. The van der Waals surface area contributed by atoms with Crippen LogP contribution in [0.1, 0.15) is 37.1 Å². The molecule has 1 N–H and O–H groups in total. The van der Waals surface area contributed by atoms with Crippen LogP contribution < -0.4 is 10.1 Å². The summed E-state index contributed by atoms with van der Waals surface area (Å²) in [4.78, 5) is 1.45. The minimum atomic E-state index is 0.541. The Kier molecular flexibility index (Phi) is 4.25. The molecule has 0 saturated heterocycles. The van der Waals surface area contributed by atoms with E-state index in [9.17, 15) is 0 Å². The second kappa shape index (κ2) is 5.72. The summed E-state index contributed by atoms with van der Waals surface area (Å²) in [6, 6.07) is 6.37. The van der Waals surface area contributed by atoms with Gasteiger partial charge in [-0.1, -0.05) is 20.8 Å². The summed E-state index contributed by atoms with van der Waals surface area (Å²) in [6.45, 7) is 8.64. The van der Waals surface area contributed by atoms with E-state index in [0.29, 0.717) is 5.92 Å². The first-order valence-corrected chi connectivity index (χ1v) is 7.29. The Hall–Kier alpha value is -1.06. The van der Waals surface area contributed by atoms with Gasteiger partial charge in [-0.3, -0.25) is 0 Å². The summed E-state index contributed by atoms with van der Waals surface area (Å²) < 4.78 is 6.69. The first-order valence-electron chi connectivity index (χ1n) is 6.47. The van der Waals surface area contributed by atoms with Crippen LogP contribution >= 0.6 is 11.3 Å². The maximum absolute atomic E-state index is 5.34. The van der Waals surface area contributed by atoms with Gasteiger partial charge in [0.05, 0.1) is 7.11 Å². The number of rotatable bonds is 5. The highest BCUT2D eigenvalue weighted by Crippen LogP contribution is 2.37. The van der Waals surface area contributed by atoms with E-state index in [1.54, 1.807) is 7.11 Å². The van der Waals surface area contributed by atoms with Gasteiger partial charge in [0, 0.05) is 16.1 Å². The third-order valence-corrected chi connectivity index (χ3v) is 4.31. The summed E-state index contributed by atoms with van der Waals surface area (Å²) in [5, 5.41) is 4.78. The number of nitrogens with one attached hydrogen (secondary N) is 1. The fourth-order valence-electron chi connectivity index (χ4n) is 2.28. The molecule has 0 aliphatic rings. The first kappa shape index (κ1) is 13.4. The van der Waals surface area contributed by atoms with Crippen LogP contribution in [0.2, 0.25) is 0 Å². The lowest BCUT2D eigenvalue weighted by atomic mass is 9.99. The molecule has 18 heavy (non-hydrogen) atoms. The van der Waals surface area contributed by atoms with Gasteiger partial charge >= 0.3 is 0 Å². The molecule has 1 heterocycles. The zero-order chi connectivity index (χ0) is 13.1. The van der Waals surface area contributed by atoms with Crippen LogP contribution in [0.5, 0.6) is 5.75 Å². The zero-order valence-corrected chi connectivity index (χ0v) is 12.4. The Morgan fingerprint density at radius 3 is 2.72 bits per heavy atom. The van der Waals surface area contributed by atoms with Gasteiger partial charge < -0.3 is 10.1 Å². The largest absolute Gasteiger partial charge is 0.497 e. The van der Waals surface area contributed by atoms with Gasteiger partial charge in [0.15, 0.2) is 0 Å². The molecular formula is C15H21NOS. The van der Waals surface area contributed by atoms with E-state index in [-0.39, 0.29) is 0 Å². The summed E-state index contributed by atoms with van der Waals surface area (Å²) in [7, 11) is 1.72. The lowest BCUT2D eigenvalue weighted by molar-refractivity contribution is 0.415. The maximum atomic E-state index is 5.34. The number of methoxy groups -OCH3 is 1. The number of fused-ring (bicyclic) bond motifs is 1. The molecular weight excluding hydrogens is 242 g/mol. The molecule has 0 bridgehead atoms. The number of ether oxygens (including phenoxy) is 1. The second-order valence-electron chi connectivity index (χ2n) is 4.74. The van der Waals surface area contributed by atoms with E-state index in [1.165, 1.54) is 20.5 Å². The quantitative estimate of drug-likeness (QED) is 0.875. The normalized spacial score (nSPS) is 11.4. The molecule has 0 spiro atoms. The van der Waals surface area contributed by atoms with Crippen molar-refractivity contribution in [3.05, 3.63) is 28.6 Å². The third-order valence-electron chi connectivity index (χ3n) is 3.12. The molecule has 0 saturated carbocycles. The van der Waals surface area contributed by atoms with Crippen LogP contribution in [0.25, 0.3) is 10.1 Å². The van der Waals surface area contributed by atoms with Crippen LogP contribution in [-0.2, 0) is 6.54 Å². The van der Waals surface area contributed by atoms with E-state index in [1.807, 2.05) is 17.4 Å². The van der Waals surface area contributed by atoms with Crippen molar-refractivity contribution in [2.45, 2.75) is 33.2 Å². The van der Waals surface area contributed by atoms with Crippen LogP contribution in [0.4, 0.5) is 0 Å². The SMILES string of the molecule is CCNCc1sc2ccc(OC)cc2c1C(C)C. The Balaban J connectivity index is 2.53. The Morgan fingerprint density at radius 1 is 1.33 bits per heavy atom. The minimum Gasteiger partial charge on any atom is -0.497 e. The molecule has 0 aliphatic heterocycles. The summed E-state index contributed by atoms with van der Waals surface area (Å²) in [6.07, 6.45) is 0. The van der Waals surface area contributed by atoms with E-state index < -0.39 is 0 Å². The fraction of sp³-hybridized carbons (Fsp3) is 0.467. The molecule has 1 aromatic heterocycles. The van der Waals surface area contributed by atoms with E-state index >= 15 is 0 Å². The molecule has 2 nitrogen and oxygen atoms in total. The maximum Gasteiger partial charge on any atom is 0.119 e. The molecule has 98 valence electrons. The average Bonchev–Trinajstić information content (AvgIpc) is 2.73. The molecule has 0 atom stereocenters. The van der Waals surface area contributed by atoms with Gasteiger partial charge in [-0.2, -0.15) is 0 Å². The fourth-order valence-corrected chi connectivity index (χ4v) is 3.59. The number of hydrogen-bond acceptors (Lipinski definition) is 3. The smallest absolute Gasteiger partial charge is 0.119 e. The number of benzene rings is 1. The lowest BCUT2D eigenvalue weighted by Crippen LogP contribution is -2.12. The highest BCUT2D eigenvalue weighted by molar-refractivity contribution is 7.19. The van der Waals surface area contributed by atoms with Gasteiger partial charge in [-0.05, 0) is 41.6 Å². The third kappa shape index (κ3) is 2.52. The topological polar surface area (TPSA) is 21.3 Å². The molecule has 0 aliphatic carbocycles. The van der Waals surface area contributed by atoms with Crippen molar-refractivity contribution < 1.29 is 4.74 Å². The summed E-state index contributed by atoms with van der Waals surface area (Å²) in [5.74, 6) is 1.48. The highest BCUT2D eigenvalue weighted by Gasteiger charge is 2.15.